The first kappa shape index (κ1) is 18.6. The zero-order valence-electron chi connectivity index (χ0n) is 15.5. The van der Waals surface area contributed by atoms with Crippen LogP contribution in [-0.4, -0.2) is 52.0 Å². The summed E-state index contributed by atoms with van der Waals surface area (Å²) in [5, 5.41) is 2.66. The molecule has 1 aliphatic carbocycles. The zero-order chi connectivity index (χ0) is 18.9. The molecular formula is C20H26FN3O2S. The molecule has 3 fully saturated rings. The van der Waals surface area contributed by atoms with Crippen molar-refractivity contribution in [2.24, 2.45) is 5.92 Å². The summed E-state index contributed by atoms with van der Waals surface area (Å²) >= 11 is 1.87. The van der Waals surface area contributed by atoms with Crippen LogP contribution in [0.1, 0.15) is 38.5 Å². The fourth-order valence-electron chi connectivity index (χ4n) is 4.54. The SMILES string of the molecule is O=C(Nc1ccccc1F)N1CCC2(CC1)SCCN2C(=O)C1CCCC1. The second kappa shape index (κ2) is 7.70. The Morgan fingerprint density at radius 1 is 1.11 bits per heavy atom. The van der Waals surface area contributed by atoms with Gasteiger partial charge in [0.1, 0.15) is 5.82 Å². The van der Waals surface area contributed by atoms with E-state index in [1.165, 1.54) is 6.07 Å². The van der Waals surface area contributed by atoms with Gasteiger partial charge in [0.25, 0.3) is 0 Å². The Bertz CT molecular complexity index is 715. The fraction of sp³-hybridized carbons (Fsp3) is 0.600. The van der Waals surface area contributed by atoms with Crippen molar-refractivity contribution in [3.8, 4) is 0 Å². The second-order valence-corrected chi connectivity index (χ2v) is 9.12. The number of nitrogens with one attached hydrogen (secondary N) is 1. The van der Waals surface area contributed by atoms with Crippen LogP contribution < -0.4 is 5.32 Å². The van der Waals surface area contributed by atoms with Crippen LogP contribution in [0.4, 0.5) is 14.9 Å². The number of benzene rings is 1. The number of hydrogen-bond donors (Lipinski definition) is 1. The molecule has 146 valence electrons. The number of para-hydroxylation sites is 1. The third-order valence-corrected chi connectivity index (χ3v) is 7.65. The van der Waals surface area contributed by atoms with Crippen molar-refractivity contribution in [1.29, 1.82) is 0 Å². The van der Waals surface area contributed by atoms with Crippen LogP contribution in [0.3, 0.4) is 0 Å². The number of nitrogens with zero attached hydrogens (tertiary/aromatic N) is 2. The fourth-order valence-corrected chi connectivity index (χ4v) is 6.01. The number of likely N-dealkylation sites (tertiary alicyclic amines) is 1. The first-order valence-electron chi connectivity index (χ1n) is 9.85. The smallest absolute Gasteiger partial charge is 0.321 e. The van der Waals surface area contributed by atoms with Crippen molar-refractivity contribution in [2.75, 3.05) is 30.7 Å². The van der Waals surface area contributed by atoms with Gasteiger partial charge in [-0.15, -0.1) is 11.8 Å². The third kappa shape index (κ3) is 3.66. The van der Waals surface area contributed by atoms with Crippen molar-refractivity contribution in [3.05, 3.63) is 30.1 Å². The number of carbonyl (C=O) groups is 2. The molecule has 1 saturated carbocycles. The van der Waals surface area contributed by atoms with Crippen LogP contribution in [0.25, 0.3) is 0 Å². The van der Waals surface area contributed by atoms with Crippen LogP contribution in [-0.2, 0) is 4.79 Å². The maximum absolute atomic E-state index is 13.8. The van der Waals surface area contributed by atoms with Gasteiger partial charge in [-0.05, 0) is 37.8 Å². The standard InChI is InChI=1S/C20H26FN3O2S/c21-16-7-3-4-8-17(16)22-19(26)23-11-9-20(10-12-23)24(13-14-27-20)18(25)15-5-1-2-6-15/h3-4,7-8,15H,1-2,5-6,9-14H2,(H,22,26). The molecule has 2 saturated heterocycles. The van der Waals surface area contributed by atoms with E-state index in [-0.39, 0.29) is 22.5 Å². The number of rotatable bonds is 2. The molecule has 0 aromatic heterocycles. The maximum Gasteiger partial charge on any atom is 0.321 e. The summed E-state index contributed by atoms with van der Waals surface area (Å²) in [7, 11) is 0. The number of piperidine rings is 1. The minimum absolute atomic E-state index is 0.158. The van der Waals surface area contributed by atoms with E-state index < -0.39 is 5.82 Å². The van der Waals surface area contributed by atoms with E-state index in [0.717, 1.165) is 50.8 Å². The van der Waals surface area contributed by atoms with Crippen LogP contribution in [0.2, 0.25) is 0 Å². The van der Waals surface area contributed by atoms with Gasteiger partial charge in [-0.2, -0.15) is 0 Å². The number of hydrogen-bond acceptors (Lipinski definition) is 3. The molecule has 0 radical (unpaired) electrons. The van der Waals surface area contributed by atoms with Crippen LogP contribution in [0.5, 0.6) is 0 Å². The number of halogens is 1. The van der Waals surface area contributed by atoms with Gasteiger partial charge in [0.2, 0.25) is 5.91 Å². The second-order valence-electron chi connectivity index (χ2n) is 7.66. The minimum atomic E-state index is -0.431. The summed E-state index contributed by atoms with van der Waals surface area (Å²) in [6.45, 7) is 1.99. The monoisotopic (exact) mass is 391 g/mol. The average Bonchev–Trinajstić information content (AvgIpc) is 3.34. The van der Waals surface area contributed by atoms with E-state index in [4.69, 9.17) is 0 Å². The van der Waals surface area contributed by atoms with Gasteiger partial charge in [0.05, 0.1) is 10.6 Å². The molecule has 2 heterocycles. The minimum Gasteiger partial charge on any atom is -0.327 e. The zero-order valence-corrected chi connectivity index (χ0v) is 16.3. The van der Waals surface area contributed by atoms with Gasteiger partial charge in [-0.25, -0.2) is 9.18 Å². The summed E-state index contributed by atoms with van der Waals surface area (Å²) in [4.78, 5) is 29.2. The summed E-state index contributed by atoms with van der Waals surface area (Å²) in [6.07, 6.45) is 5.92. The van der Waals surface area contributed by atoms with Gasteiger partial charge in [0.15, 0.2) is 0 Å². The van der Waals surface area contributed by atoms with Gasteiger partial charge in [0, 0.05) is 31.3 Å². The maximum atomic E-state index is 13.8. The highest BCUT2D eigenvalue weighted by Gasteiger charge is 2.48. The Morgan fingerprint density at radius 3 is 2.52 bits per heavy atom. The van der Waals surface area contributed by atoms with E-state index in [0.29, 0.717) is 19.0 Å². The van der Waals surface area contributed by atoms with Crippen LogP contribution in [0, 0.1) is 11.7 Å². The Kier molecular flexibility index (Phi) is 5.30. The van der Waals surface area contributed by atoms with Crippen molar-refractivity contribution < 1.29 is 14.0 Å². The number of urea groups is 1. The average molecular weight is 392 g/mol. The lowest BCUT2D eigenvalue weighted by Crippen LogP contribution is -2.55. The molecule has 0 atom stereocenters. The lowest BCUT2D eigenvalue weighted by molar-refractivity contribution is -0.138. The number of carbonyl (C=O) groups excluding carboxylic acids is 2. The Balaban J connectivity index is 1.38. The predicted octanol–water partition coefficient (Wildman–Crippen LogP) is 3.92. The Morgan fingerprint density at radius 2 is 1.81 bits per heavy atom. The largest absolute Gasteiger partial charge is 0.327 e. The molecule has 27 heavy (non-hydrogen) atoms. The van der Waals surface area contributed by atoms with Crippen LogP contribution in [0.15, 0.2) is 24.3 Å². The summed E-state index contributed by atoms with van der Waals surface area (Å²) < 4.78 is 13.8. The lowest BCUT2D eigenvalue weighted by Gasteiger charge is -2.44. The number of amides is 3. The van der Waals surface area contributed by atoms with Crippen molar-refractivity contribution >= 4 is 29.4 Å². The molecule has 1 aromatic carbocycles. The molecule has 1 spiro atoms. The molecule has 1 N–H and O–H groups in total. The molecule has 0 bridgehead atoms. The molecule has 3 aliphatic rings. The predicted molar refractivity (Wildman–Crippen MR) is 105 cm³/mol. The highest BCUT2D eigenvalue weighted by atomic mass is 32.2. The van der Waals surface area contributed by atoms with Gasteiger partial charge >= 0.3 is 6.03 Å². The highest BCUT2D eigenvalue weighted by molar-refractivity contribution is 8.00. The number of thioether (sulfide) groups is 1. The molecule has 2 aliphatic heterocycles. The van der Waals surface area contributed by atoms with Gasteiger partial charge in [-0.1, -0.05) is 25.0 Å². The molecular weight excluding hydrogens is 365 g/mol. The summed E-state index contributed by atoms with van der Waals surface area (Å²) in [5.74, 6) is 1.06. The first-order chi connectivity index (χ1) is 13.1. The van der Waals surface area contributed by atoms with Crippen LogP contribution >= 0.6 is 11.8 Å². The van der Waals surface area contributed by atoms with Crippen molar-refractivity contribution in [1.82, 2.24) is 9.80 Å². The van der Waals surface area contributed by atoms with E-state index in [1.54, 1.807) is 23.1 Å². The van der Waals surface area contributed by atoms with E-state index >= 15 is 0 Å². The topological polar surface area (TPSA) is 52.7 Å². The lowest BCUT2D eigenvalue weighted by atomic mass is 9.99. The normalized spacial score (nSPS) is 22.4. The highest BCUT2D eigenvalue weighted by Crippen LogP contribution is 2.45. The molecule has 1 aromatic rings. The van der Waals surface area contributed by atoms with E-state index in [1.807, 2.05) is 11.8 Å². The number of anilines is 1. The summed E-state index contributed by atoms with van der Waals surface area (Å²) in [5.41, 5.74) is 0.205. The molecule has 7 heteroatoms. The van der Waals surface area contributed by atoms with Gasteiger partial charge in [-0.3, -0.25) is 4.79 Å². The Labute approximate surface area is 163 Å². The van der Waals surface area contributed by atoms with Crippen molar-refractivity contribution in [2.45, 2.75) is 43.4 Å². The molecule has 5 nitrogen and oxygen atoms in total. The molecule has 3 amide bonds. The first-order valence-corrected chi connectivity index (χ1v) is 10.8. The van der Waals surface area contributed by atoms with Crippen molar-refractivity contribution in [3.63, 3.8) is 0 Å². The molecule has 0 unspecified atom stereocenters. The quantitative estimate of drug-likeness (QED) is 0.831. The Hall–Kier alpha value is -1.76. The van der Waals surface area contributed by atoms with Gasteiger partial charge < -0.3 is 15.1 Å². The third-order valence-electron chi connectivity index (χ3n) is 6.10. The summed E-state index contributed by atoms with van der Waals surface area (Å²) in [6, 6.07) is 5.93. The van der Waals surface area contributed by atoms with E-state index in [2.05, 4.69) is 10.2 Å². The molecule has 4 rings (SSSR count). The van der Waals surface area contributed by atoms with E-state index in [9.17, 15) is 14.0 Å².